The quantitative estimate of drug-likeness (QED) is 0.281. The summed E-state index contributed by atoms with van der Waals surface area (Å²) >= 11 is 17.8. The molecule has 1 aliphatic rings. The summed E-state index contributed by atoms with van der Waals surface area (Å²) in [5.41, 5.74) is -2.90. The molecule has 194 valence electrons. The Kier molecular flexibility index (Phi) is 8.22. The fourth-order valence-corrected chi connectivity index (χ4v) is 3.96. The number of hydrogen-bond acceptors (Lipinski definition) is 2. The summed E-state index contributed by atoms with van der Waals surface area (Å²) < 4.78 is 78.2. The molecule has 1 saturated carbocycles. The van der Waals surface area contributed by atoms with Crippen molar-refractivity contribution in [2.24, 2.45) is 0 Å². The Morgan fingerprint density at radius 1 is 0.972 bits per heavy atom. The second-order valence-electron chi connectivity index (χ2n) is 8.12. The molecule has 0 atom stereocenters. The second kappa shape index (κ2) is 10.5. The molecule has 0 aliphatic heterocycles. The van der Waals surface area contributed by atoms with Gasteiger partial charge < -0.3 is 10.6 Å². The van der Waals surface area contributed by atoms with E-state index in [0.717, 1.165) is 12.1 Å². The van der Waals surface area contributed by atoms with Gasteiger partial charge in [0.25, 0.3) is 5.91 Å². The standard InChI is InChI=1S/C23H17Cl3F6N2O2/c24-16-9-13(10-17(25)18(16)26)3-1-2-12-4-5-14(15(8-12)23(30,31)32)19(35)34-21(6-7-21)20(36)33-11-22(27,28)29/h1-2,4-5,8-10H,3,6-7,11H2,(H,33,36)(H,34,35)/b2-1+. The molecular formula is C23H17Cl3F6N2O2. The van der Waals surface area contributed by atoms with Gasteiger partial charge in [-0.3, -0.25) is 9.59 Å². The maximum Gasteiger partial charge on any atom is 0.417 e. The zero-order chi connectivity index (χ0) is 26.9. The normalized spacial score (nSPS) is 15.1. The number of hydrogen-bond donors (Lipinski definition) is 2. The number of allylic oxidation sites excluding steroid dienone is 1. The first-order valence-corrected chi connectivity index (χ1v) is 11.4. The van der Waals surface area contributed by atoms with E-state index in [0.29, 0.717) is 5.56 Å². The van der Waals surface area contributed by atoms with Crippen LogP contribution >= 0.6 is 34.8 Å². The van der Waals surface area contributed by atoms with E-state index in [1.165, 1.54) is 12.1 Å². The van der Waals surface area contributed by atoms with Crippen molar-refractivity contribution in [3.8, 4) is 0 Å². The maximum atomic E-state index is 13.7. The highest BCUT2D eigenvalue weighted by atomic mass is 35.5. The van der Waals surface area contributed by atoms with Gasteiger partial charge >= 0.3 is 12.4 Å². The van der Waals surface area contributed by atoms with Gasteiger partial charge in [0.1, 0.15) is 12.1 Å². The van der Waals surface area contributed by atoms with Crippen LogP contribution in [0.2, 0.25) is 15.1 Å². The van der Waals surface area contributed by atoms with Crippen LogP contribution in [0.4, 0.5) is 26.3 Å². The molecule has 0 aromatic heterocycles. The van der Waals surface area contributed by atoms with Crippen LogP contribution < -0.4 is 10.6 Å². The Hall–Kier alpha value is -2.43. The Labute approximate surface area is 216 Å². The molecule has 4 nitrogen and oxygen atoms in total. The van der Waals surface area contributed by atoms with Crippen molar-refractivity contribution < 1.29 is 35.9 Å². The summed E-state index contributed by atoms with van der Waals surface area (Å²) in [5, 5.41) is 4.44. The van der Waals surface area contributed by atoms with E-state index in [1.807, 2.05) is 0 Å². The molecule has 1 aliphatic carbocycles. The van der Waals surface area contributed by atoms with Crippen molar-refractivity contribution >= 4 is 52.7 Å². The van der Waals surface area contributed by atoms with Crippen molar-refractivity contribution in [2.45, 2.75) is 37.2 Å². The van der Waals surface area contributed by atoms with Crippen LogP contribution in [0, 0.1) is 0 Å². The van der Waals surface area contributed by atoms with E-state index in [2.05, 4.69) is 5.32 Å². The fourth-order valence-electron chi connectivity index (χ4n) is 3.32. The Morgan fingerprint density at radius 2 is 1.58 bits per heavy atom. The predicted octanol–water partition coefficient (Wildman–Crippen LogP) is 6.86. The molecule has 0 unspecified atom stereocenters. The smallest absolute Gasteiger partial charge is 0.345 e. The molecule has 2 N–H and O–H groups in total. The average Bonchev–Trinajstić information content (AvgIpc) is 3.55. The van der Waals surface area contributed by atoms with Crippen LogP contribution in [0.15, 0.2) is 36.4 Å². The van der Waals surface area contributed by atoms with Crippen molar-refractivity contribution in [1.29, 1.82) is 0 Å². The van der Waals surface area contributed by atoms with Crippen molar-refractivity contribution in [1.82, 2.24) is 10.6 Å². The van der Waals surface area contributed by atoms with Crippen molar-refractivity contribution in [3.63, 3.8) is 0 Å². The van der Waals surface area contributed by atoms with Gasteiger partial charge in [-0.25, -0.2) is 0 Å². The lowest BCUT2D eigenvalue weighted by Crippen LogP contribution is -2.51. The van der Waals surface area contributed by atoms with Gasteiger partial charge in [-0.05, 0) is 54.7 Å². The molecule has 3 rings (SSSR count). The average molecular weight is 574 g/mol. The minimum absolute atomic E-state index is 0.00331. The predicted molar refractivity (Wildman–Crippen MR) is 124 cm³/mol. The van der Waals surface area contributed by atoms with Gasteiger partial charge in [-0.2, -0.15) is 26.3 Å². The van der Waals surface area contributed by atoms with Gasteiger partial charge in [-0.1, -0.05) is 53.0 Å². The number of amides is 2. The second-order valence-corrected chi connectivity index (χ2v) is 9.31. The third-order valence-corrected chi connectivity index (χ3v) is 6.48. The van der Waals surface area contributed by atoms with E-state index in [-0.39, 0.29) is 39.9 Å². The highest BCUT2D eigenvalue weighted by Crippen LogP contribution is 2.38. The summed E-state index contributed by atoms with van der Waals surface area (Å²) in [4.78, 5) is 24.7. The van der Waals surface area contributed by atoms with E-state index < -0.39 is 47.4 Å². The van der Waals surface area contributed by atoms with Crippen LogP contribution in [-0.4, -0.2) is 30.1 Å². The molecule has 13 heteroatoms. The number of carbonyl (C=O) groups excluding carboxylic acids is 2. The van der Waals surface area contributed by atoms with Crippen molar-refractivity contribution in [2.75, 3.05) is 6.54 Å². The highest BCUT2D eigenvalue weighted by molar-refractivity contribution is 6.48. The van der Waals surface area contributed by atoms with Gasteiger partial charge in [-0.15, -0.1) is 0 Å². The summed E-state index contributed by atoms with van der Waals surface area (Å²) in [7, 11) is 0. The largest absolute Gasteiger partial charge is 0.417 e. The lowest BCUT2D eigenvalue weighted by atomic mass is 10.0. The molecule has 0 spiro atoms. The third-order valence-electron chi connectivity index (χ3n) is 5.29. The van der Waals surface area contributed by atoms with Crippen LogP contribution in [0.3, 0.4) is 0 Å². The monoisotopic (exact) mass is 572 g/mol. The molecule has 0 saturated heterocycles. The topological polar surface area (TPSA) is 58.2 Å². The molecule has 36 heavy (non-hydrogen) atoms. The van der Waals surface area contributed by atoms with Crippen LogP contribution in [0.5, 0.6) is 0 Å². The molecule has 2 aromatic rings. The number of benzene rings is 2. The lowest BCUT2D eigenvalue weighted by Gasteiger charge is -2.20. The molecule has 2 amide bonds. The molecule has 2 aromatic carbocycles. The Bertz CT molecular complexity index is 1180. The molecule has 0 heterocycles. The number of alkyl halides is 6. The van der Waals surface area contributed by atoms with Crippen LogP contribution in [0.25, 0.3) is 6.08 Å². The zero-order valence-electron chi connectivity index (χ0n) is 18.1. The van der Waals surface area contributed by atoms with Gasteiger partial charge in [0, 0.05) is 0 Å². The van der Waals surface area contributed by atoms with Gasteiger partial charge in [0.05, 0.1) is 26.2 Å². The maximum absolute atomic E-state index is 13.7. The molecular weight excluding hydrogens is 557 g/mol. The fraction of sp³-hybridized carbons (Fsp3) is 0.304. The minimum atomic E-state index is -4.91. The summed E-state index contributed by atoms with van der Waals surface area (Å²) in [6.07, 6.45) is -6.34. The number of halogens is 9. The molecule has 0 radical (unpaired) electrons. The van der Waals surface area contributed by atoms with E-state index in [1.54, 1.807) is 23.5 Å². The van der Waals surface area contributed by atoms with E-state index in [9.17, 15) is 35.9 Å². The van der Waals surface area contributed by atoms with E-state index in [4.69, 9.17) is 34.8 Å². The number of nitrogens with one attached hydrogen (secondary N) is 2. The molecule has 0 bridgehead atoms. The Balaban J connectivity index is 1.77. The number of carbonyl (C=O) groups is 2. The van der Waals surface area contributed by atoms with Gasteiger partial charge in [0.2, 0.25) is 5.91 Å². The Morgan fingerprint density at radius 3 is 2.11 bits per heavy atom. The first-order chi connectivity index (χ1) is 16.6. The lowest BCUT2D eigenvalue weighted by molar-refractivity contribution is -0.140. The first kappa shape index (κ1) is 28.1. The highest BCUT2D eigenvalue weighted by Gasteiger charge is 2.52. The van der Waals surface area contributed by atoms with E-state index >= 15 is 0 Å². The first-order valence-electron chi connectivity index (χ1n) is 10.3. The summed E-state index contributed by atoms with van der Waals surface area (Å²) in [6.45, 7) is -1.62. The van der Waals surface area contributed by atoms with Gasteiger partial charge in [0.15, 0.2) is 0 Å². The third kappa shape index (κ3) is 7.08. The zero-order valence-corrected chi connectivity index (χ0v) is 20.4. The van der Waals surface area contributed by atoms with Crippen LogP contribution in [0.1, 0.15) is 39.9 Å². The minimum Gasteiger partial charge on any atom is -0.345 e. The SMILES string of the molecule is O=C(NC1(C(=O)NCC(F)(F)F)CC1)c1ccc(/C=C/Cc2cc(Cl)c(Cl)c(Cl)c2)cc1C(F)(F)F. The number of rotatable bonds is 7. The summed E-state index contributed by atoms with van der Waals surface area (Å²) in [5.74, 6) is -2.33. The van der Waals surface area contributed by atoms with Crippen LogP contribution in [-0.2, 0) is 17.4 Å². The van der Waals surface area contributed by atoms with Crippen molar-refractivity contribution in [3.05, 3.63) is 73.7 Å². The summed E-state index contributed by atoms with van der Waals surface area (Å²) in [6, 6.07) is 6.10. The molecule has 1 fully saturated rings.